The SMILES string of the molecule is CCOc1cccc(N(CC(=O)Nc2ccccc2C(=O)NCc2ccco2)S(C)(=O)=O)c1. The molecule has 0 radical (unpaired) electrons. The van der Waals surface area contributed by atoms with Crippen LogP contribution in [0.3, 0.4) is 0 Å². The molecule has 2 amide bonds. The van der Waals surface area contributed by atoms with E-state index in [9.17, 15) is 18.0 Å². The lowest BCUT2D eigenvalue weighted by molar-refractivity contribution is -0.114. The van der Waals surface area contributed by atoms with Gasteiger partial charge in [0.2, 0.25) is 15.9 Å². The molecule has 3 aromatic rings. The first kappa shape index (κ1) is 23.9. The second-order valence-electron chi connectivity index (χ2n) is 7.06. The fraction of sp³-hybridized carbons (Fsp3) is 0.217. The number of benzene rings is 2. The Morgan fingerprint density at radius 1 is 1.06 bits per heavy atom. The molecular weight excluding hydrogens is 446 g/mol. The number of carbonyl (C=O) groups excluding carboxylic acids is 2. The Hall–Kier alpha value is -3.79. The van der Waals surface area contributed by atoms with E-state index < -0.39 is 28.4 Å². The summed E-state index contributed by atoms with van der Waals surface area (Å²) in [6.07, 6.45) is 2.52. The number of para-hydroxylation sites is 1. The molecule has 0 aliphatic heterocycles. The summed E-state index contributed by atoms with van der Waals surface area (Å²) in [6, 6.07) is 16.4. The first-order chi connectivity index (χ1) is 15.8. The number of rotatable bonds is 10. The number of amides is 2. The van der Waals surface area contributed by atoms with Gasteiger partial charge in [0.25, 0.3) is 5.91 Å². The number of hydrogen-bond donors (Lipinski definition) is 2. The van der Waals surface area contributed by atoms with E-state index in [2.05, 4.69) is 10.6 Å². The van der Waals surface area contributed by atoms with Gasteiger partial charge in [0.1, 0.15) is 18.1 Å². The topological polar surface area (TPSA) is 118 Å². The highest BCUT2D eigenvalue weighted by Crippen LogP contribution is 2.24. The van der Waals surface area contributed by atoms with E-state index in [4.69, 9.17) is 9.15 Å². The molecule has 0 saturated carbocycles. The average molecular weight is 472 g/mol. The monoisotopic (exact) mass is 471 g/mol. The van der Waals surface area contributed by atoms with Gasteiger partial charge in [-0.25, -0.2) is 8.42 Å². The van der Waals surface area contributed by atoms with Gasteiger partial charge in [0.05, 0.1) is 42.6 Å². The minimum absolute atomic E-state index is 0.187. The van der Waals surface area contributed by atoms with Crippen LogP contribution in [0.15, 0.2) is 71.3 Å². The molecule has 9 nitrogen and oxygen atoms in total. The number of sulfonamides is 1. The van der Waals surface area contributed by atoms with Crippen LogP contribution in [0.4, 0.5) is 11.4 Å². The van der Waals surface area contributed by atoms with Crippen molar-refractivity contribution in [2.75, 3.05) is 29.0 Å². The van der Waals surface area contributed by atoms with Gasteiger partial charge in [-0.1, -0.05) is 18.2 Å². The van der Waals surface area contributed by atoms with Gasteiger partial charge >= 0.3 is 0 Å². The van der Waals surface area contributed by atoms with Crippen LogP contribution in [-0.4, -0.2) is 39.6 Å². The van der Waals surface area contributed by atoms with Crippen molar-refractivity contribution in [2.45, 2.75) is 13.5 Å². The Bertz CT molecular complexity index is 1210. The maximum absolute atomic E-state index is 12.8. The van der Waals surface area contributed by atoms with Crippen LogP contribution in [0.1, 0.15) is 23.0 Å². The van der Waals surface area contributed by atoms with Crippen LogP contribution in [0.5, 0.6) is 5.75 Å². The summed E-state index contributed by atoms with van der Waals surface area (Å²) in [5.74, 6) is 0.0609. The third kappa shape index (κ3) is 6.59. The Morgan fingerprint density at radius 2 is 1.85 bits per heavy atom. The molecule has 2 N–H and O–H groups in total. The maximum Gasteiger partial charge on any atom is 0.253 e. The first-order valence-corrected chi connectivity index (χ1v) is 12.0. The third-order valence-corrected chi connectivity index (χ3v) is 5.69. The molecule has 10 heteroatoms. The summed E-state index contributed by atoms with van der Waals surface area (Å²) in [6.45, 7) is 1.95. The van der Waals surface area contributed by atoms with Crippen molar-refractivity contribution < 1.29 is 27.2 Å². The second kappa shape index (κ2) is 10.7. The maximum atomic E-state index is 12.8. The summed E-state index contributed by atoms with van der Waals surface area (Å²) in [7, 11) is -3.77. The van der Waals surface area contributed by atoms with Crippen molar-refractivity contribution in [1.29, 1.82) is 0 Å². The van der Waals surface area contributed by atoms with E-state index in [-0.39, 0.29) is 17.8 Å². The highest BCUT2D eigenvalue weighted by molar-refractivity contribution is 7.92. The molecule has 1 aromatic heterocycles. The van der Waals surface area contributed by atoms with Gasteiger partial charge in [0, 0.05) is 6.07 Å². The molecule has 0 fully saturated rings. The van der Waals surface area contributed by atoms with Gasteiger partial charge < -0.3 is 19.8 Å². The van der Waals surface area contributed by atoms with Crippen LogP contribution in [0, 0.1) is 0 Å². The molecule has 0 unspecified atom stereocenters. The number of hydrogen-bond acceptors (Lipinski definition) is 6. The Morgan fingerprint density at radius 3 is 2.55 bits per heavy atom. The molecule has 174 valence electrons. The van der Waals surface area contributed by atoms with Gasteiger partial charge in [-0.3, -0.25) is 13.9 Å². The number of ether oxygens (including phenoxy) is 1. The van der Waals surface area contributed by atoms with Gasteiger partial charge in [0.15, 0.2) is 0 Å². The number of furan rings is 1. The lowest BCUT2D eigenvalue weighted by atomic mass is 10.1. The Labute approximate surface area is 192 Å². The summed E-state index contributed by atoms with van der Waals surface area (Å²) in [4.78, 5) is 25.4. The third-order valence-electron chi connectivity index (χ3n) is 4.55. The van der Waals surface area contributed by atoms with E-state index in [1.54, 1.807) is 60.7 Å². The zero-order valence-corrected chi connectivity index (χ0v) is 19.1. The largest absolute Gasteiger partial charge is 0.494 e. The van der Waals surface area contributed by atoms with Crippen LogP contribution < -0.4 is 19.7 Å². The quantitative estimate of drug-likeness (QED) is 0.469. The van der Waals surface area contributed by atoms with Crippen LogP contribution in [-0.2, 0) is 21.4 Å². The van der Waals surface area contributed by atoms with Gasteiger partial charge in [-0.15, -0.1) is 0 Å². The number of nitrogens with one attached hydrogen (secondary N) is 2. The van der Waals surface area contributed by atoms with E-state index in [0.29, 0.717) is 23.8 Å². The van der Waals surface area contributed by atoms with Crippen molar-refractivity contribution in [3.05, 3.63) is 78.3 Å². The van der Waals surface area contributed by atoms with Gasteiger partial charge in [-0.05, 0) is 43.3 Å². The lowest BCUT2D eigenvalue weighted by Crippen LogP contribution is -2.37. The molecular formula is C23H25N3O6S. The minimum Gasteiger partial charge on any atom is -0.494 e. The molecule has 0 aliphatic rings. The van der Waals surface area contributed by atoms with Crippen molar-refractivity contribution in [2.24, 2.45) is 0 Å². The number of anilines is 2. The Kier molecular flexibility index (Phi) is 7.73. The predicted molar refractivity (Wildman–Crippen MR) is 125 cm³/mol. The second-order valence-corrected chi connectivity index (χ2v) is 8.96. The van der Waals surface area contributed by atoms with Crippen molar-refractivity contribution in [3.63, 3.8) is 0 Å². The molecule has 0 spiro atoms. The fourth-order valence-corrected chi connectivity index (χ4v) is 3.93. The fourth-order valence-electron chi connectivity index (χ4n) is 3.08. The highest BCUT2D eigenvalue weighted by atomic mass is 32.2. The molecule has 3 rings (SSSR count). The molecule has 0 atom stereocenters. The predicted octanol–water partition coefficient (Wildman–Crippen LogP) is 3.01. The molecule has 1 heterocycles. The summed E-state index contributed by atoms with van der Waals surface area (Å²) < 4.78 is 36.4. The van der Waals surface area contributed by atoms with Crippen molar-refractivity contribution in [3.8, 4) is 5.75 Å². The van der Waals surface area contributed by atoms with E-state index in [1.165, 1.54) is 6.26 Å². The van der Waals surface area contributed by atoms with Crippen LogP contribution in [0.25, 0.3) is 0 Å². The minimum atomic E-state index is -3.77. The normalized spacial score (nSPS) is 11.0. The zero-order valence-electron chi connectivity index (χ0n) is 18.3. The standard InChI is InChI=1S/C23H25N3O6S/c1-3-31-18-9-6-8-17(14-18)26(33(2,29)30)16-22(27)25-21-12-5-4-11-20(21)23(28)24-15-19-10-7-13-32-19/h4-14H,3,15-16H2,1-2H3,(H,24,28)(H,25,27). The Balaban J connectivity index is 1.74. The van der Waals surface area contributed by atoms with Crippen molar-refractivity contribution in [1.82, 2.24) is 5.32 Å². The molecule has 33 heavy (non-hydrogen) atoms. The average Bonchev–Trinajstić information content (AvgIpc) is 3.30. The lowest BCUT2D eigenvalue weighted by Gasteiger charge is -2.22. The van der Waals surface area contributed by atoms with Gasteiger partial charge in [-0.2, -0.15) is 0 Å². The number of nitrogens with zero attached hydrogens (tertiary/aromatic N) is 1. The van der Waals surface area contributed by atoms with E-state index in [0.717, 1.165) is 10.6 Å². The zero-order chi connectivity index (χ0) is 23.8. The smallest absolute Gasteiger partial charge is 0.253 e. The van der Waals surface area contributed by atoms with E-state index >= 15 is 0 Å². The molecule has 0 saturated heterocycles. The van der Waals surface area contributed by atoms with E-state index in [1.807, 2.05) is 6.92 Å². The highest BCUT2D eigenvalue weighted by Gasteiger charge is 2.22. The summed E-state index contributed by atoms with van der Waals surface area (Å²) >= 11 is 0. The first-order valence-electron chi connectivity index (χ1n) is 10.2. The summed E-state index contributed by atoms with van der Waals surface area (Å²) in [5, 5.41) is 5.36. The van der Waals surface area contributed by atoms with Crippen LogP contribution in [0.2, 0.25) is 0 Å². The van der Waals surface area contributed by atoms with Crippen molar-refractivity contribution >= 4 is 33.2 Å². The molecule has 0 aliphatic carbocycles. The number of carbonyl (C=O) groups is 2. The molecule has 0 bridgehead atoms. The summed E-state index contributed by atoms with van der Waals surface area (Å²) in [5.41, 5.74) is 0.792. The molecule has 2 aromatic carbocycles. The van der Waals surface area contributed by atoms with Crippen LogP contribution >= 0.6 is 0 Å².